The predicted molar refractivity (Wildman–Crippen MR) is 103 cm³/mol. The lowest BCUT2D eigenvalue weighted by molar-refractivity contribution is 0.142. The first-order chi connectivity index (χ1) is 13.7. The normalized spacial score (nSPS) is 14.2. The van der Waals surface area contributed by atoms with Crippen LogP contribution in [0.4, 0.5) is 10.6 Å². The van der Waals surface area contributed by atoms with Crippen LogP contribution in [0, 0.1) is 0 Å². The molecule has 3 heterocycles. The van der Waals surface area contributed by atoms with Gasteiger partial charge in [-0.2, -0.15) is 5.10 Å². The summed E-state index contributed by atoms with van der Waals surface area (Å²) in [4.78, 5) is 14.5. The lowest BCUT2D eigenvalue weighted by atomic mass is 10.1. The van der Waals surface area contributed by atoms with Crippen LogP contribution in [0.2, 0.25) is 0 Å². The zero-order valence-electron chi connectivity index (χ0n) is 15.4. The average molecular weight is 380 g/mol. The highest BCUT2D eigenvalue weighted by atomic mass is 16.5. The van der Waals surface area contributed by atoms with E-state index < -0.39 is 6.09 Å². The van der Waals surface area contributed by atoms with Crippen molar-refractivity contribution in [1.29, 1.82) is 0 Å². The highest BCUT2D eigenvalue weighted by Crippen LogP contribution is 2.31. The monoisotopic (exact) mass is 380 g/mol. The number of nitrogens with zero attached hydrogens (tertiary/aromatic N) is 6. The molecule has 0 saturated carbocycles. The quantitative estimate of drug-likeness (QED) is 0.741. The molecule has 0 atom stereocenters. The van der Waals surface area contributed by atoms with E-state index >= 15 is 0 Å². The molecule has 144 valence electrons. The first-order valence-electron chi connectivity index (χ1n) is 8.90. The summed E-state index contributed by atoms with van der Waals surface area (Å²) in [6.45, 7) is 2.12. The SMILES string of the molecule is COc1cc(-n2cccn2)ccc1-c1ccc(N2CCN(C(=O)O)CC2)nn1. The number of aromatic nitrogens is 4. The van der Waals surface area contributed by atoms with E-state index in [4.69, 9.17) is 9.84 Å². The lowest BCUT2D eigenvalue weighted by Crippen LogP contribution is -2.48. The smallest absolute Gasteiger partial charge is 0.407 e. The maximum Gasteiger partial charge on any atom is 0.407 e. The van der Waals surface area contributed by atoms with E-state index in [1.54, 1.807) is 18.0 Å². The van der Waals surface area contributed by atoms with Gasteiger partial charge in [-0.25, -0.2) is 9.48 Å². The molecular weight excluding hydrogens is 360 g/mol. The number of carboxylic acid groups (broad SMARTS) is 1. The highest BCUT2D eigenvalue weighted by Gasteiger charge is 2.21. The van der Waals surface area contributed by atoms with Crippen LogP contribution >= 0.6 is 0 Å². The number of hydrogen-bond donors (Lipinski definition) is 1. The molecule has 9 heteroatoms. The van der Waals surface area contributed by atoms with Crippen molar-refractivity contribution in [3.05, 3.63) is 48.8 Å². The molecule has 28 heavy (non-hydrogen) atoms. The topological polar surface area (TPSA) is 96.6 Å². The molecule has 1 amide bonds. The summed E-state index contributed by atoms with van der Waals surface area (Å²) in [7, 11) is 1.62. The fraction of sp³-hybridized carbons (Fsp3) is 0.263. The Kier molecular flexibility index (Phi) is 4.79. The van der Waals surface area contributed by atoms with Crippen LogP contribution in [0.1, 0.15) is 0 Å². The van der Waals surface area contributed by atoms with E-state index in [1.165, 1.54) is 4.90 Å². The maximum absolute atomic E-state index is 11.0. The predicted octanol–water partition coefficient (Wildman–Crippen LogP) is 2.14. The van der Waals surface area contributed by atoms with Gasteiger partial charge in [-0.05, 0) is 30.3 Å². The molecule has 1 saturated heterocycles. The minimum Gasteiger partial charge on any atom is -0.496 e. The number of ether oxygens (including phenoxy) is 1. The Bertz CT molecular complexity index is 950. The molecule has 0 aliphatic carbocycles. The van der Waals surface area contributed by atoms with Gasteiger partial charge in [0.15, 0.2) is 5.82 Å². The van der Waals surface area contributed by atoms with Crippen molar-refractivity contribution in [2.75, 3.05) is 38.2 Å². The van der Waals surface area contributed by atoms with Gasteiger partial charge >= 0.3 is 6.09 Å². The minimum atomic E-state index is -0.883. The van der Waals surface area contributed by atoms with Crippen molar-refractivity contribution in [3.63, 3.8) is 0 Å². The van der Waals surface area contributed by atoms with Gasteiger partial charge in [0.1, 0.15) is 5.75 Å². The van der Waals surface area contributed by atoms with Crippen molar-refractivity contribution >= 4 is 11.9 Å². The molecule has 9 nitrogen and oxygen atoms in total. The molecule has 0 bridgehead atoms. The van der Waals surface area contributed by atoms with Gasteiger partial charge in [0.2, 0.25) is 0 Å². The fourth-order valence-electron chi connectivity index (χ4n) is 3.22. The second-order valence-corrected chi connectivity index (χ2v) is 6.37. The first-order valence-corrected chi connectivity index (χ1v) is 8.90. The first kappa shape index (κ1) is 17.8. The Morgan fingerprint density at radius 1 is 1.11 bits per heavy atom. The summed E-state index contributed by atoms with van der Waals surface area (Å²) in [6.07, 6.45) is 2.71. The molecule has 1 aromatic carbocycles. The molecule has 4 rings (SSSR count). The van der Waals surface area contributed by atoms with Gasteiger partial charge in [0.05, 0.1) is 18.5 Å². The Morgan fingerprint density at radius 3 is 2.54 bits per heavy atom. The van der Waals surface area contributed by atoms with Crippen LogP contribution in [-0.4, -0.2) is 69.4 Å². The molecule has 0 radical (unpaired) electrons. The zero-order chi connectivity index (χ0) is 19.5. The third-order valence-corrected chi connectivity index (χ3v) is 4.75. The Labute approximate surface area is 161 Å². The Hall–Kier alpha value is -3.62. The molecular formula is C19H20N6O3. The number of piperazine rings is 1. The molecule has 3 aromatic rings. The van der Waals surface area contributed by atoms with Crippen molar-refractivity contribution in [1.82, 2.24) is 24.9 Å². The summed E-state index contributed by atoms with van der Waals surface area (Å²) in [6, 6.07) is 11.5. The van der Waals surface area contributed by atoms with Crippen LogP contribution in [0.15, 0.2) is 48.8 Å². The van der Waals surface area contributed by atoms with Gasteiger partial charge in [-0.3, -0.25) is 0 Å². The largest absolute Gasteiger partial charge is 0.496 e. The maximum atomic E-state index is 11.0. The van der Waals surface area contributed by atoms with E-state index in [1.807, 2.05) is 47.5 Å². The number of anilines is 1. The summed E-state index contributed by atoms with van der Waals surface area (Å²) in [5.41, 5.74) is 2.44. The molecule has 2 aromatic heterocycles. The summed E-state index contributed by atoms with van der Waals surface area (Å²) in [5.74, 6) is 1.42. The number of hydrogen-bond acceptors (Lipinski definition) is 6. The van der Waals surface area contributed by atoms with Gasteiger partial charge in [-0.15, -0.1) is 10.2 Å². The number of carbonyl (C=O) groups is 1. The van der Waals surface area contributed by atoms with Crippen molar-refractivity contribution < 1.29 is 14.6 Å². The summed E-state index contributed by atoms with van der Waals surface area (Å²) < 4.78 is 7.30. The van der Waals surface area contributed by atoms with Crippen molar-refractivity contribution in [3.8, 4) is 22.7 Å². The average Bonchev–Trinajstić information content (AvgIpc) is 3.28. The summed E-state index contributed by atoms with van der Waals surface area (Å²) in [5, 5.41) is 22.0. The Morgan fingerprint density at radius 2 is 1.93 bits per heavy atom. The lowest BCUT2D eigenvalue weighted by Gasteiger charge is -2.33. The van der Waals surface area contributed by atoms with Crippen molar-refractivity contribution in [2.24, 2.45) is 0 Å². The molecule has 1 aliphatic rings. The molecule has 0 unspecified atom stereocenters. The van der Waals surface area contributed by atoms with Crippen molar-refractivity contribution in [2.45, 2.75) is 0 Å². The van der Waals surface area contributed by atoms with Gasteiger partial charge < -0.3 is 19.6 Å². The zero-order valence-corrected chi connectivity index (χ0v) is 15.4. The molecule has 1 aliphatic heterocycles. The van der Waals surface area contributed by atoms with E-state index in [0.29, 0.717) is 37.6 Å². The fourth-order valence-corrected chi connectivity index (χ4v) is 3.22. The standard InChI is InChI=1S/C19H20N6O3/c1-28-17-13-14(25-8-2-7-20-25)3-4-15(17)16-5-6-18(22-21-16)23-9-11-24(12-10-23)19(26)27/h2-8,13H,9-12H2,1H3,(H,26,27). The number of benzene rings is 1. The third kappa shape index (κ3) is 3.46. The molecule has 1 N–H and O–H groups in total. The Balaban J connectivity index is 1.53. The molecule has 1 fully saturated rings. The van der Waals surface area contributed by atoms with Gasteiger partial charge in [0, 0.05) is 50.2 Å². The van der Waals surface area contributed by atoms with Crippen LogP contribution in [0.25, 0.3) is 16.9 Å². The van der Waals surface area contributed by atoms with E-state index in [2.05, 4.69) is 15.3 Å². The number of amides is 1. The minimum absolute atomic E-state index is 0.460. The van der Waals surface area contributed by atoms with E-state index in [-0.39, 0.29) is 0 Å². The van der Waals surface area contributed by atoms with Gasteiger partial charge in [0.25, 0.3) is 0 Å². The third-order valence-electron chi connectivity index (χ3n) is 4.75. The van der Waals surface area contributed by atoms with Crippen LogP contribution < -0.4 is 9.64 Å². The number of methoxy groups -OCH3 is 1. The second-order valence-electron chi connectivity index (χ2n) is 6.37. The van der Waals surface area contributed by atoms with Gasteiger partial charge in [-0.1, -0.05) is 0 Å². The second kappa shape index (κ2) is 7.55. The number of rotatable bonds is 4. The molecule has 0 spiro atoms. The van der Waals surface area contributed by atoms with Crippen LogP contribution in [0.3, 0.4) is 0 Å². The van der Waals surface area contributed by atoms with Crippen LogP contribution in [0.5, 0.6) is 5.75 Å². The summed E-state index contributed by atoms with van der Waals surface area (Å²) >= 11 is 0. The highest BCUT2D eigenvalue weighted by molar-refractivity contribution is 5.69. The van der Waals surface area contributed by atoms with E-state index in [9.17, 15) is 4.79 Å². The van der Waals surface area contributed by atoms with E-state index in [0.717, 1.165) is 17.1 Å². The van der Waals surface area contributed by atoms with Crippen LogP contribution in [-0.2, 0) is 0 Å².